The molecule has 3 aliphatic rings. The van der Waals surface area contributed by atoms with Gasteiger partial charge in [-0.25, -0.2) is 4.98 Å². The van der Waals surface area contributed by atoms with E-state index in [0.29, 0.717) is 5.92 Å². The molecule has 3 fully saturated rings. The smallest absolute Gasteiger partial charge is 0.229 e. The van der Waals surface area contributed by atoms with Crippen molar-refractivity contribution in [1.82, 2.24) is 15.6 Å². The van der Waals surface area contributed by atoms with Gasteiger partial charge in [0.05, 0.1) is 0 Å². The van der Waals surface area contributed by atoms with E-state index in [4.69, 9.17) is 0 Å². The summed E-state index contributed by atoms with van der Waals surface area (Å²) >= 11 is 1.66. The van der Waals surface area contributed by atoms with Crippen LogP contribution in [0.3, 0.4) is 0 Å². The van der Waals surface area contributed by atoms with Crippen LogP contribution in [0.5, 0.6) is 0 Å². The van der Waals surface area contributed by atoms with Crippen LogP contribution >= 0.6 is 11.3 Å². The Kier molecular flexibility index (Phi) is 3.47. The van der Waals surface area contributed by atoms with Crippen LogP contribution in [-0.4, -0.2) is 37.1 Å². The van der Waals surface area contributed by atoms with E-state index < -0.39 is 0 Å². The Balaban J connectivity index is 1.37. The van der Waals surface area contributed by atoms with Crippen LogP contribution in [0.4, 0.5) is 5.13 Å². The van der Waals surface area contributed by atoms with Gasteiger partial charge in [-0.15, -0.1) is 11.3 Å². The lowest BCUT2D eigenvalue weighted by molar-refractivity contribution is -0.118. The maximum Gasteiger partial charge on any atom is 0.229 e. The molecule has 6 heteroatoms. The molecule has 2 unspecified atom stereocenters. The summed E-state index contributed by atoms with van der Waals surface area (Å²) in [5.74, 6) is 0.976. The highest BCUT2D eigenvalue weighted by Crippen LogP contribution is 2.56. The fourth-order valence-corrected chi connectivity index (χ4v) is 4.77. The molecule has 1 spiro atoms. The quantitative estimate of drug-likeness (QED) is 0.793. The molecule has 3 heterocycles. The van der Waals surface area contributed by atoms with Crippen molar-refractivity contribution < 1.29 is 4.79 Å². The number of piperidine rings is 1. The van der Waals surface area contributed by atoms with E-state index in [1.54, 1.807) is 11.3 Å². The predicted molar refractivity (Wildman–Crippen MR) is 83.6 cm³/mol. The molecule has 0 radical (unpaired) electrons. The number of carbonyl (C=O) groups is 1. The summed E-state index contributed by atoms with van der Waals surface area (Å²) in [5.41, 5.74) is 0.263. The Hall–Kier alpha value is -0.980. The summed E-state index contributed by atoms with van der Waals surface area (Å²) in [6.45, 7) is 4.23. The maximum atomic E-state index is 12.3. The summed E-state index contributed by atoms with van der Waals surface area (Å²) < 4.78 is 0. The van der Waals surface area contributed by atoms with E-state index in [0.717, 1.165) is 44.2 Å². The SMILES string of the molecule is O=C(Nc1ncc(C2CCNCC2)s1)C1CC12CCNC2. The van der Waals surface area contributed by atoms with Crippen molar-refractivity contribution in [3.05, 3.63) is 11.1 Å². The third-order valence-electron chi connectivity index (χ3n) is 5.28. The van der Waals surface area contributed by atoms with Gasteiger partial charge in [0, 0.05) is 23.5 Å². The minimum Gasteiger partial charge on any atom is -0.317 e. The van der Waals surface area contributed by atoms with Crippen molar-refractivity contribution in [1.29, 1.82) is 0 Å². The summed E-state index contributed by atoms with van der Waals surface area (Å²) in [7, 11) is 0. The van der Waals surface area contributed by atoms with Crippen LogP contribution in [0.2, 0.25) is 0 Å². The zero-order chi connectivity index (χ0) is 14.3. The number of nitrogens with one attached hydrogen (secondary N) is 3. The first-order chi connectivity index (χ1) is 10.3. The van der Waals surface area contributed by atoms with E-state index in [1.807, 2.05) is 6.20 Å². The summed E-state index contributed by atoms with van der Waals surface area (Å²) in [6.07, 6.45) is 6.48. The molecule has 0 aromatic carbocycles. The number of hydrogen-bond acceptors (Lipinski definition) is 5. The van der Waals surface area contributed by atoms with Crippen molar-refractivity contribution >= 4 is 22.4 Å². The molecular weight excluding hydrogens is 284 g/mol. The van der Waals surface area contributed by atoms with Crippen molar-refractivity contribution in [2.24, 2.45) is 11.3 Å². The molecular formula is C15H22N4OS. The van der Waals surface area contributed by atoms with Gasteiger partial charge in [0.1, 0.15) is 0 Å². The fraction of sp³-hybridized carbons (Fsp3) is 0.733. The number of amides is 1. The number of thiazole rings is 1. The van der Waals surface area contributed by atoms with Crippen LogP contribution in [0, 0.1) is 11.3 Å². The maximum absolute atomic E-state index is 12.3. The normalized spacial score (nSPS) is 32.5. The Bertz CT molecular complexity index is 532. The zero-order valence-electron chi connectivity index (χ0n) is 12.2. The summed E-state index contributed by atoms with van der Waals surface area (Å²) in [6, 6.07) is 0. The molecule has 2 atom stereocenters. The molecule has 21 heavy (non-hydrogen) atoms. The standard InChI is InChI=1S/C15H22N4OS/c20-13(11-7-15(11)3-6-17-9-15)19-14-18-8-12(21-14)10-1-4-16-5-2-10/h8,10-11,16-17H,1-7,9H2,(H,18,19,20). The fourth-order valence-electron chi connectivity index (χ4n) is 3.79. The summed E-state index contributed by atoms with van der Waals surface area (Å²) in [4.78, 5) is 18.1. The lowest BCUT2D eigenvalue weighted by Gasteiger charge is -2.20. The summed E-state index contributed by atoms with van der Waals surface area (Å²) in [5, 5.41) is 10.6. The first kappa shape index (κ1) is 13.7. The second-order valence-electron chi connectivity index (χ2n) is 6.63. The second kappa shape index (κ2) is 5.34. The Morgan fingerprint density at radius 2 is 2.19 bits per heavy atom. The molecule has 2 saturated heterocycles. The van der Waals surface area contributed by atoms with E-state index in [1.165, 1.54) is 17.7 Å². The van der Waals surface area contributed by atoms with Crippen LogP contribution in [0.15, 0.2) is 6.20 Å². The van der Waals surface area contributed by atoms with Gasteiger partial charge in [-0.3, -0.25) is 4.79 Å². The van der Waals surface area contributed by atoms with Crippen molar-refractivity contribution in [3.8, 4) is 0 Å². The number of rotatable bonds is 3. The van der Waals surface area contributed by atoms with E-state index in [9.17, 15) is 4.79 Å². The van der Waals surface area contributed by atoms with E-state index in [2.05, 4.69) is 20.9 Å². The van der Waals surface area contributed by atoms with Crippen molar-refractivity contribution in [2.75, 3.05) is 31.5 Å². The molecule has 5 nitrogen and oxygen atoms in total. The third-order valence-corrected chi connectivity index (χ3v) is 6.35. The van der Waals surface area contributed by atoms with E-state index in [-0.39, 0.29) is 17.2 Å². The second-order valence-corrected chi connectivity index (χ2v) is 7.69. The molecule has 4 rings (SSSR count). The van der Waals surface area contributed by atoms with Crippen molar-refractivity contribution in [2.45, 2.75) is 31.6 Å². The molecule has 114 valence electrons. The average molecular weight is 306 g/mol. The van der Waals surface area contributed by atoms with Crippen LogP contribution in [0.25, 0.3) is 0 Å². The Morgan fingerprint density at radius 3 is 2.95 bits per heavy atom. The van der Waals surface area contributed by atoms with Crippen LogP contribution in [-0.2, 0) is 4.79 Å². The molecule has 0 bridgehead atoms. The number of nitrogens with zero attached hydrogens (tertiary/aromatic N) is 1. The number of hydrogen-bond donors (Lipinski definition) is 3. The van der Waals surface area contributed by atoms with Gasteiger partial charge in [-0.1, -0.05) is 0 Å². The number of carbonyl (C=O) groups excluding carboxylic acids is 1. The molecule has 1 aromatic heterocycles. The van der Waals surface area contributed by atoms with Gasteiger partial charge < -0.3 is 16.0 Å². The minimum atomic E-state index is 0.171. The molecule has 1 aromatic rings. The van der Waals surface area contributed by atoms with Gasteiger partial charge in [0.25, 0.3) is 0 Å². The third kappa shape index (κ3) is 2.60. The van der Waals surface area contributed by atoms with Gasteiger partial charge in [0.15, 0.2) is 5.13 Å². The number of anilines is 1. The van der Waals surface area contributed by atoms with Crippen LogP contribution in [0.1, 0.15) is 36.5 Å². The zero-order valence-corrected chi connectivity index (χ0v) is 13.0. The molecule has 2 aliphatic heterocycles. The molecule has 3 N–H and O–H groups in total. The van der Waals surface area contributed by atoms with E-state index >= 15 is 0 Å². The topological polar surface area (TPSA) is 66.0 Å². The van der Waals surface area contributed by atoms with Gasteiger partial charge in [-0.2, -0.15) is 0 Å². The molecule has 1 saturated carbocycles. The number of aromatic nitrogens is 1. The van der Waals surface area contributed by atoms with Crippen molar-refractivity contribution in [3.63, 3.8) is 0 Å². The first-order valence-corrected chi connectivity index (χ1v) is 8.76. The average Bonchev–Trinajstić information content (AvgIpc) is 2.85. The lowest BCUT2D eigenvalue weighted by atomic mass is 9.97. The monoisotopic (exact) mass is 306 g/mol. The predicted octanol–water partition coefficient (Wildman–Crippen LogP) is 1.55. The van der Waals surface area contributed by atoms with Gasteiger partial charge in [0.2, 0.25) is 5.91 Å². The highest BCUT2D eigenvalue weighted by molar-refractivity contribution is 7.15. The first-order valence-electron chi connectivity index (χ1n) is 7.95. The van der Waals surface area contributed by atoms with Gasteiger partial charge >= 0.3 is 0 Å². The minimum absolute atomic E-state index is 0.171. The highest BCUT2D eigenvalue weighted by Gasteiger charge is 2.59. The molecule has 1 amide bonds. The molecule has 1 aliphatic carbocycles. The Labute approximate surface area is 128 Å². The Morgan fingerprint density at radius 1 is 1.33 bits per heavy atom. The van der Waals surface area contributed by atoms with Gasteiger partial charge in [-0.05, 0) is 56.7 Å². The largest absolute Gasteiger partial charge is 0.317 e. The lowest BCUT2D eigenvalue weighted by Crippen LogP contribution is -2.26. The van der Waals surface area contributed by atoms with Crippen LogP contribution < -0.4 is 16.0 Å². The highest BCUT2D eigenvalue weighted by atomic mass is 32.1.